The van der Waals surface area contributed by atoms with Gasteiger partial charge in [0.1, 0.15) is 19.0 Å². The van der Waals surface area contributed by atoms with Crippen molar-refractivity contribution in [3.63, 3.8) is 0 Å². The van der Waals surface area contributed by atoms with Gasteiger partial charge in [-0.3, -0.25) is 0 Å². The minimum Gasteiger partial charge on any atom is -0.388 e. The molecular weight excluding hydrogens is 480 g/mol. The van der Waals surface area contributed by atoms with Crippen LogP contribution in [0.15, 0.2) is 60.7 Å². The highest BCUT2D eigenvalue weighted by Crippen LogP contribution is 2.37. The SMILES string of the molecule is COCCOCO[C@@H]1[C@@H](O)[C@@H](Cc2ccccc2)N(CC2CC2)C(=O)N(CC2CC2)[C@@H]1Cc1ccccc1. The van der Waals surface area contributed by atoms with E-state index in [-0.39, 0.29) is 24.9 Å². The molecule has 2 saturated carbocycles. The average molecular weight is 523 g/mol. The van der Waals surface area contributed by atoms with Crippen molar-refractivity contribution in [2.75, 3.05) is 40.2 Å². The van der Waals surface area contributed by atoms with Crippen LogP contribution in [0.1, 0.15) is 36.8 Å². The minimum absolute atomic E-state index is 0.0381. The molecule has 3 fully saturated rings. The van der Waals surface area contributed by atoms with Crippen molar-refractivity contribution in [3.8, 4) is 0 Å². The zero-order valence-corrected chi connectivity index (χ0v) is 22.5. The van der Waals surface area contributed by atoms with Gasteiger partial charge in [-0.1, -0.05) is 60.7 Å². The molecule has 206 valence electrons. The number of urea groups is 1. The molecule has 4 atom stereocenters. The lowest BCUT2D eigenvalue weighted by atomic mass is 9.90. The number of rotatable bonds is 14. The molecule has 38 heavy (non-hydrogen) atoms. The Kier molecular flexibility index (Phi) is 9.33. The van der Waals surface area contributed by atoms with Crippen LogP contribution in [0.2, 0.25) is 0 Å². The predicted molar refractivity (Wildman–Crippen MR) is 146 cm³/mol. The minimum atomic E-state index is -0.859. The van der Waals surface area contributed by atoms with Crippen molar-refractivity contribution in [1.29, 1.82) is 0 Å². The van der Waals surface area contributed by atoms with Crippen LogP contribution < -0.4 is 0 Å². The quantitative estimate of drug-likeness (QED) is 0.298. The number of carbonyl (C=O) groups excluding carboxylic acids is 1. The number of hydrogen-bond donors (Lipinski definition) is 1. The largest absolute Gasteiger partial charge is 0.388 e. The Morgan fingerprint density at radius 1 is 0.789 bits per heavy atom. The first-order valence-electron chi connectivity index (χ1n) is 14.2. The molecule has 7 nitrogen and oxygen atoms in total. The van der Waals surface area contributed by atoms with Crippen molar-refractivity contribution in [2.45, 2.75) is 62.8 Å². The normalized spacial score (nSPS) is 26.0. The highest BCUT2D eigenvalue weighted by atomic mass is 16.7. The van der Waals surface area contributed by atoms with E-state index in [0.717, 1.165) is 36.8 Å². The summed E-state index contributed by atoms with van der Waals surface area (Å²) in [4.78, 5) is 18.4. The van der Waals surface area contributed by atoms with Gasteiger partial charge in [0.2, 0.25) is 0 Å². The number of hydrogen-bond acceptors (Lipinski definition) is 5. The highest BCUT2D eigenvalue weighted by Gasteiger charge is 2.49. The van der Waals surface area contributed by atoms with Crippen molar-refractivity contribution >= 4 is 6.03 Å². The standard InChI is InChI=1S/C31H42N2O5/c1-36-16-17-37-22-38-30-28(19-24-10-6-3-7-11-24)33(21-26-14-15-26)31(35)32(20-25-12-13-25)27(29(30)34)18-23-8-4-2-5-9-23/h2-11,25-30,34H,12-22H2,1H3/t27-,28-,29+,30+/m1/s1. The molecule has 2 aromatic rings. The number of ether oxygens (including phenoxy) is 3. The van der Waals surface area contributed by atoms with Crippen LogP contribution in [0.3, 0.4) is 0 Å². The second kappa shape index (κ2) is 13.1. The summed E-state index contributed by atoms with van der Waals surface area (Å²) < 4.78 is 17.2. The molecule has 0 spiro atoms. The molecule has 0 radical (unpaired) electrons. The summed E-state index contributed by atoms with van der Waals surface area (Å²) in [5.74, 6) is 1.02. The molecule has 1 N–H and O–H groups in total. The zero-order valence-electron chi connectivity index (χ0n) is 22.5. The number of aliphatic hydroxyl groups excluding tert-OH is 1. The molecule has 7 heteroatoms. The van der Waals surface area contributed by atoms with E-state index in [4.69, 9.17) is 14.2 Å². The van der Waals surface area contributed by atoms with Crippen LogP contribution in [-0.2, 0) is 27.1 Å². The molecule has 1 heterocycles. The monoisotopic (exact) mass is 522 g/mol. The number of amides is 2. The Morgan fingerprint density at radius 2 is 1.32 bits per heavy atom. The first-order valence-corrected chi connectivity index (χ1v) is 14.2. The van der Waals surface area contributed by atoms with Gasteiger partial charge in [0.15, 0.2) is 0 Å². The van der Waals surface area contributed by atoms with Crippen LogP contribution in [0.4, 0.5) is 4.79 Å². The topological polar surface area (TPSA) is 71.5 Å². The van der Waals surface area contributed by atoms with E-state index in [1.807, 2.05) is 46.2 Å². The van der Waals surface area contributed by atoms with Gasteiger partial charge >= 0.3 is 6.03 Å². The van der Waals surface area contributed by atoms with Gasteiger partial charge in [-0.25, -0.2) is 4.79 Å². The summed E-state index contributed by atoms with van der Waals surface area (Å²) >= 11 is 0. The Morgan fingerprint density at radius 3 is 1.84 bits per heavy atom. The van der Waals surface area contributed by atoms with Gasteiger partial charge in [-0.15, -0.1) is 0 Å². The number of benzene rings is 2. The Bertz CT molecular complexity index is 998. The zero-order chi connectivity index (χ0) is 26.3. The van der Waals surface area contributed by atoms with Gasteiger partial charge in [0.25, 0.3) is 0 Å². The highest BCUT2D eigenvalue weighted by molar-refractivity contribution is 5.76. The van der Waals surface area contributed by atoms with Gasteiger partial charge in [-0.05, 0) is 61.5 Å². The van der Waals surface area contributed by atoms with Crippen LogP contribution >= 0.6 is 0 Å². The van der Waals surface area contributed by atoms with E-state index in [1.54, 1.807) is 7.11 Å². The van der Waals surface area contributed by atoms with Crippen molar-refractivity contribution < 1.29 is 24.1 Å². The van der Waals surface area contributed by atoms with E-state index in [0.29, 0.717) is 51.0 Å². The predicted octanol–water partition coefficient (Wildman–Crippen LogP) is 4.13. The Labute approximate surface area is 226 Å². The molecule has 0 bridgehead atoms. The number of methoxy groups -OCH3 is 1. The molecule has 3 aliphatic rings. The van der Waals surface area contributed by atoms with Crippen LogP contribution in [0, 0.1) is 11.8 Å². The number of nitrogens with zero attached hydrogens (tertiary/aromatic N) is 2. The van der Waals surface area contributed by atoms with Crippen molar-refractivity contribution in [3.05, 3.63) is 71.8 Å². The van der Waals surface area contributed by atoms with Crippen molar-refractivity contribution in [1.82, 2.24) is 9.80 Å². The summed E-state index contributed by atoms with van der Waals surface area (Å²) in [6.45, 7) is 2.32. The second-order valence-electron chi connectivity index (χ2n) is 11.1. The maximum absolute atomic E-state index is 14.4. The molecule has 5 rings (SSSR count). The maximum atomic E-state index is 14.4. The van der Waals surface area contributed by atoms with Crippen LogP contribution in [0.25, 0.3) is 0 Å². The van der Waals surface area contributed by atoms with Crippen LogP contribution in [0.5, 0.6) is 0 Å². The third-order valence-corrected chi connectivity index (χ3v) is 8.06. The summed E-state index contributed by atoms with van der Waals surface area (Å²) in [5.41, 5.74) is 2.23. The molecular formula is C31H42N2O5. The van der Waals surface area contributed by atoms with E-state index >= 15 is 0 Å². The number of carbonyl (C=O) groups is 1. The van der Waals surface area contributed by atoms with E-state index in [2.05, 4.69) is 24.3 Å². The molecule has 2 aromatic carbocycles. The third-order valence-electron chi connectivity index (χ3n) is 8.06. The van der Waals surface area contributed by atoms with Gasteiger partial charge in [0.05, 0.1) is 25.3 Å². The molecule has 1 aliphatic heterocycles. The molecule has 2 amide bonds. The fourth-order valence-electron chi connectivity index (χ4n) is 5.55. The molecule has 0 aromatic heterocycles. The van der Waals surface area contributed by atoms with E-state index < -0.39 is 12.2 Å². The van der Waals surface area contributed by atoms with E-state index in [9.17, 15) is 9.90 Å². The average Bonchev–Trinajstić information content (AvgIpc) is 3.87. The van der Waals surface area contributed by atoms with Gasteiger partial charge in [-0.2, -0.15) is 0 Å². The maximum Gasteiger partial charge on any atom is 0.320 e. The summed E-state index contributed by atoms with van der Waals surface area (Å²) in [6.07, 6.45) is 4.33. The number of aliphatic hydroxyl groups is 1. The lowest BCUT2D eigenvalue weighted by Crippen LogP contribution is -2.52. The van der Waals surface area contributed by atoms with Crippen molar-refractivity contribution in [2.24, 2.45) is 11.8 Å². The lowest BCUT2D eigenvalue weighted by molar-refractivity contribution is -0.151. The summed E-state index contributed by atoms with van der Waals surface area (Å²) in [6, 6.07) is 19.8. The lowest BCUT2D eigenvalue weighted by Gasteiger charge is -2.36. The molecule has 2 aliphatic carbocycles. The first kappa shape index (κ1) is 27.1. The van der Waals surface area contributed by atoms with Crippen LogP contribution in [-0.4, -0.2) is 85.4 Å². The smallest absolute Gasteiger partial charge is 0.320 e. The third kappa shape index (κ3) is 7.14. The van der Waals surface area contributed by atoms with Gasteiger partial charge in [0, 0.05) is 20.2 Å². The first-order chi connectivity index (χ1) is 18.6. The van der Waals surface area contributed by atoms with Gasteiger partial charge < -0.3 is 29.1 Å². The Hall–Kier alpha value is -2.45. The molecule has 1 saturated heterocycles. The summed E-state index contributed by atoms with van der Waals surface area (Å²) in [7, 11) is 1.64. The van der Waals surface area contributed by atoms with E-state index in [1.165, 1.54) is 0 Å². The Balaban J connectivity index is 1.49. The second-order valence-corrected chi connectivity index (χ2v) is 11.1. The fourth-order valence-corrected chi connectivity index (χ4v) is 5.55. The summed E-state index contributed by atoms with van der Waals surface area (Å²) in [5, 5.41) is 12.1. The fraction of sp³-hybridized carbons (Fsp3) is 0.581. The molecule has 0 unspecified atom stereocenters.